The van der Waals surface area contributed by atoms with Crippen molar-refractivity contribution in [1.29, 1.82) is 0 Å². The topological polar surface area (TPSA) is 64.9 Å². The summed E-state index contributed by atoms with van der Waals surface area (Å²) in [7, 11) is 0. The van der Waals surface area contributed by atoms with Crippen molar-refractivity contribution in [3.63, 3.8) is 0 Å². The number of hydrogen-bond donors (Lipinski definition) is 1. The zero-order valence-electron chi connectivity index (χ0n) is 17.8. The number of thioether (sulfide) groups is 1. The zero-order chi connectivity index (χ0) is 22.9. The summed E-state index contributed by atoms with van der Waals surface area (Å²) in [6.07, 6.45) is 0.964. The number of benzene rings is 3. The van der Waals surface area contributed by atoms with Crippen LogP contribution < -0.4 is 10.1 Å². The lowest BCUT2D eigenvalue weighted by Gasteiger charge is -2.13. The first kappa shape index (κ1) is 23.6. The molecule has 0 aliphatic heterocycles. The Morgan fingerprint density at radius 2 is 1.79 bits per heavy atom. The maximum atomic E-state index is 6.21. The van der Waals surface area contributed by atoms with Gasteiger partial charge >= 0.3 is 0 Å². The number of aromatic nitrogens is 4. The molecule has 9 heteroatoms. The summed E-state index contributed by atoms with van der Waals surface area (Å²) in [4.78, 5) is 0. The summed E-state index contributed by atoms with van der Waals surface area (Å²) in [5.41, 5.74) is 2.99. The molecule has 0 atom stereocenters. The molecule has 33 heavy (non-hydrogen) atoms. The van der Waals surface area contributed by atoms with Crippen molar-refractivity contribution in [3.05, 3.63) is 94.0 Å². The number of halogens is 2. The Hall–Kier alpha value is -2.58. The van der Waals surface area contributed by atoms with Gasteiger partial charge in [-0.15, -0.1) is 5.10 Å². The van der Waals surface area contributed by atoms with Crippen LogP contribution in [-0.4, -0.2) is 32.5 Å². The molecule has 1 heterocycles. The highest BCUT2D eigenvalue weighted by Crippen LogP contribution is 2.24. The molecule has 0 fully saturated rings. The summed E-state index contributed by atoms with van der Waals surface area (Å²) in [6.45, 7) is 1.96. The minimum atomic E-state index is 0.446. The van der Waals surface area contributed by atoms with Crippen LogP contribution in [0.25, 0.3) is 5.69 Å². The first-order valence-corrected chi connectivity index (χ1v) is 12.3. The number of nitrogens with one attached hydrogen (secondary N) is 1. The maximum absolute atomic E-state index is 6.21. The van der Waals surface area contributed by atoms with Crippen molar-refractivity contribution in [2.24, 2.45) is 0 Å². The molecular formula is C24H23Cl2N5OS. The number of rotatable bonds is 11. The van der Waals surface area contributed by atoms with Crippen molar-refractivity contribution in [3.8, 4) is 11.4 Å². The molecule has 0 bridgehead atoms. The highest BCUT2D eigenvalue weighted by atomic mass is 35.5. The van der Waals surface area contributed by atoms with Crippen LogP contribution in [0, 0.1) is 0 Å². The lowest BCUT2D eigenvalue weighted by atomic mass is 10.2. The number of para-hydroxylation sites is 1. The molecule has 0 saturated carbocycles. The fourth-order valence-electron chi connectivity index (χ4n) is 3.20. The molecule has 3 aromatic carbocycles. The molecule has 0 radical (unpaired) electrons. The molecule has 0 aliphatic carbocycles. The van der Waals surface area contributed by atoms with Gasteiger partial charge in [-0.25, -0.2) is 0 Å². The molecule has 1 N–H and O–H groups in total. The van der Waals surface area contributed by atoms with Gasteiger partial charge in [0.15, 0.2) is 0 Å². The molecule has 6 nitrogen and oxygen atoms in total. The van der Waals surface area contributed by atoms with E-state index in [2.05, 4.69) is 20.8 Å². The van der Waals surface area contributed by atoms with Crippen LogP contribution >= 0.6 is 35.0 Å². The minimum Gasteiger partial charge on any atom is -0.489 e. The second kappa shape index (κ2) is 12.0. The number of tetrazole rings is 1. The van der Waals surface area contributed by atoms with Gasteiger partial charge in [-0.3, -0.25) is 0 Å². The van der Waals surface area contributed by atoms with Gasteiger partial charge in [0.25, 0.3) is 0 Å². The predicted molar refractivity (Wildman–Crippen MR) is 133 cm³/mol. The second-order valence-corrected chi connectivity index (χ2v) is 9.19. The van der Waals surface area contributed by atoms with Crippen LogP contribution in [0.1, 0.15) is 17.5 Å². The molecule has 0 saturated heterocycles. The molecule has 0 unspecified atom stereocenters. The second-order valence-electron chi connectivity index (χ2n) is 7.26. The summed E-state index contributed by atoms with van der Waals surface area (Å²) in [6, 6.07) is 23.2. The normalized spacial score (nSPS) is 11.0. The van der Waals surface area contributed by atoms with Crippen LogP contribution in [0.15, 0.2) is 78.0 Å². The smallest absolute Gasteiger partial charge is 0.214 e. The van der Waals surface area contributed by atoms with Crippen LogP contribution in [0.3, 0.4) is 0 Å². The van der Waals surface area contributed by atoms with Gasteiger partial charge in [0.1, 0.15) is 12.4 Å². The zero-order valence-corrected chi connectivity index (χ0v) is 20.2. The fourth-order valence-corrected chi connectivity index (χ4v) is 4.44. The van der Waals surface area contributed by atoms with E-state index in [1.54, 1.807) is 16.4 Å². The van der Waals surface area contributed by atoms with E-state index in [9.17, 15) is 0 Å². The van der Waals surface area contributed by atoms with Crippen molar-refractivity contribution in [2.45, 2.75) is 24.7 Å². The van der Waals surface area contributed by atoms with E-state index >= 15 is 0 Å². The van der Waals surface area contributed by atoms with E-state index < -0.39 is 0 Å². The van der Waals surface area contributed by atoms with E-state index in [0.717, 1.165) is 46.4 Å². The highest BCUT2D eigenvalue weighted by molar-refractivity contribution is 7.99. The van der Waals surface area contributed by atoms with E-state index in [1.807, 2.05) is 72.8 Å². The SMILES string of the molecule is Clc1cccc(COc2ccc(Cl)cc2CNCCCSc2nnnn2-c2ccccc2)c1. The Morgan fingerprint density at radius 3 is 2.64 bits per heavy atom. The largest absolute Gasteiger partial charge is 0.489 e. The molecule has 1 aromatic heterocycles. The van der Waals surface area contributed by atoms with Crippen LogP contribution in [0.5, 0.6) is 5.75 Å². The third-order valence-corrected chi connectivity index (χ3v) is 6.27. The third kappa shape index (κ3) is 6.95. The number of ether oxygens (including phenoxy) is 1. The Balaban J connectivity index is 1.24. The first-order chi connectivity index (χ1) is 16.2. The molecule has 0 amide bonds. The molecular weight excluding hydrogens is 477 g/mol. The molecule has 0 spiro atoms. The van der Waals surface area contributed by atoms with Crippen LogP contribution in [0.4, 0.5) is 0 Å². The van der Waals surface area contributed by atoms with Crippen LogP contribution in [0.2, 0.25) is 10.0 Å². The average molecular weight is 500 g/mol. The lowest BCUT2D eigenvalue weighted by Crippen LogP contribution is -2.16. The first-order valence-electron chi connectivity index (χ1n) is 10.5. The Bertz CT molecular complexity index is 1170. The van der Waals surface area contributed by atoms with E-state index in [-0.39, 0.29) is 0 Å². The summed E-state index contributed by atoms with van der Waals surface area (Å²) < 4.78 is 7.79. The van der Waals surface area contributed by atoms with E-state index in [1.165, 1.54) is 0 Å². The summed E-state index contributed by atoms with van der Waals surface area (Å²) in [5.74, 6) is 1.71. The predicted octanol–water partition coefficient (Wildman–Crippen LogP) is 5.82. The number of hydrogen-bond acceptors (Lipinski definition) is 6. The fraction of sp³-hybridized carbons (Fsp3) is 0.208. The van der Waals surface area contributed by atoms with Gasteiger partial charge in [-0.2, -0.15) is 4.68 Å². The van der Waals surface area contributed by atoms with Gasteiger partial charge in [0, 0.05) is 27.9 Å². The lowest BCUT2D eigenvalue weighted by molar-refractivity contribution is 0.302. The highest BCUT2D eigenvalue weighted by Gasteiger charge is 2.09. The van der Waals surface area contributed by atoms with Gasteiger partial charge in [-0.1, -0.05) is 65.3 Å². The molecule has 0 aliphatic rings. The monoisotopic (exact) mass is 499 g/mol. The Labute approximate surface area is 207 Å². The van der Waals surface area contributed by atoms with Gasteiger partial charge in [-0.05, 0) is 71.4 Å². The Kier molecular flexibility index (Phi) is 8.60. The van der Waals surface area contributed by atoms with Crippen LogP contribution in [-0.2, 0) is 13.2 Å². The van der Waals surface area contributed by atoms with Crippen molar-refractivity contribution in [2.75, 3.05) is 12.3 Å². The van der Waals surface area contributed by atoms with Gasteiger partial charge in [0.2, 0.25) is 5.16 Å². The van der Waals surface area contributed by atoms with Gasteiger partial charge < -0.3 is 10.1 Å². The van der Waals surface area contributed by atoms with Crippen molar-refractivity contribution < 1.29 is 4.74 Å². The van der Waals surface area contributed by atoms with Crippen molar-refractivity contribution in [1.82, 2.24) is 25.5 Å². The van der Waals surface area contributed by atoms with E-state index in [4.69, 9.17) is 27.9 Å². The summed E-state index contributed by atoms with van der Waals surface area (Å²) in [5, 5.41) is 17.7. The summed E-state index contributed by atoms with van der Waals surface area (Å²) >= 11 is 13.9. The average Bonchev–Trinajstić information content (AvgIpc) is 3.30. The Morgan fingerprint density at radius 1 is 0.939 bits per heavy atom. The maximum Gasteiger partial charge on any atom is 0.214 e. The third-order valence-electron chi connectivity index (χ3n) is 4.79. The number of nitrogens with zero attached hydrogens (tertiary/aromatic N) is 4. The standard InChI is InChI=1S/C24H23Cl2N5OS/c25-20-7-4-6-18(14-20)17-32-23-11-10-21(26)15-19(23)16-27-12-5-13-33-24-28-29-30-31(24)22-8-2-1-3-9-22/h1-4,6-11,14-15,27H,5,12-13,16-17H2. The molecule has 170 valence electrons. The van der Waals surface area contributed by atoms with Gasteiger partial charge in [0.05, 0.1) is 5.69 Å². The van der Waals surface area contributed by atoms with E-state index in [0.29, 0.717) is 23.2 Å². The van der Waals surface area contributed by atoms with Crippen molar-refractivity contribution >= 4 is 35.0 Å². The molecule has 4 aromatic rings. The quantitative estimate of drug-likeness (QED) is 0.207. The minimum absolute atomic E-state index is 0.446. The molecule has 4 rings (SSSR count).